The maximum atomic E-state index is 9.34. The summed E-state index contributed by atoms with van der Waals surface area (Å²) < 4.78 is 163. The van der Waals surface area contributed by atoms with Crippen LogP contribution in [0.5, 0.6) is 0 Å². The first-order valence-electron chi connectivity index (χ1n) is 22.3. The first kappa shape index (κ1) is 12.3. The number of hydrogen-bond donors (Lipinski definition) is 0. The van der Waals surface area contributed by atoms with Crippen LogP contribution < -0.4 is 0 Å². The Balaban J connectivity index is 1.43. The van der Waals surface area contributed by atoms with Crippen LogP contribution in [0.15, 0.2) is 162 Å². The van der Waals surface area contributed by atoms with E-state index < -0.39 is 78.6 Å². The van der Waals surface area contributed by atoms with Crippen molar-refractivity contribution in [1.82, 2.24) is 0 Å². The fourth-order valence-corrected chi connectivity index (χ4v) is 5.74. The molecule has 0 amide bonds. The highest BCUT2D eigenvalue weighted by Crippen LogP contribution is 2.45. The molecule has 0 N–H and O–H groups in total. The quantitative estimate of drug-likeness (QED) is 0.195. The summed E-state index contributed by atoms with van der Waals surface area (Å²) in [7, 11) is 0. The highest BCUT2D eigenvalue weighted by molar-refractivity contribution is 6.23. The van der Waals surface area contributed by atoms with E-state index in [1.54, 1.807) is 24.3 Å². The molecule has 0 saturated heterocycles. The molecule has 0 aliphatic heterocycles. The van der Waals surface area contributed by atoms with Crippen molar-refractivity contribution in [1.29, 1.82) is 0 Å². The van der Waals surface area contributed by atoms with Gasteiger partial charge in [0.05, 0.1) is 24.7 Å². The Kier molecular flexibility index (Phi) is 2.70. The predicted octanol–water partition coefficient (Wildman–Crippen LogP) is 12.0. The van der Waals surface area contributed by atoms with E-state index in [2.05, 4.69) is 0 Å². The van der Waals surface area contributed by atoms with Crippen molar-refractivity contribution in [2.75, 3.05) is 0 Å². The summed E-state index contributed by atoms with van der Waals surface area (Å²) in [5.74, 6) is 0. The van der Waals surface area contributed by atoms with Crippen molar-refractivity contribution in [2.24, 2.45) is 0 Å². The molecule has 0 aliphatic rings. The lowest BCUT2D eigenvalue weighted by molar-refractivity contribution is 0.669. The molecule has 0 bridgehead atoms. The van der Waals surface area contributed by atoms with Crippen molar-refractivity contribution in [3.05, 3.63) is 157 Å². The van der Waals surface area contributed by atoms with Crippen LogP contribution >= 0.6 is 0 Å². The molecule has 0 fully saturated rings. The highest BCUT2D eigenvalue weighted by Gasteiger charge is 2.18. The molecular weight excluding hydrogens is 520 g/mol. The van der Waals surface area contributed by atoms with E-state index in [0.29, 0.717) is 11.1 Å². The molecule has 0 radical (unpaired) electrons. The maximum Gasteiger partial charge on any atom is 0.135 e. The van der Waals surface area contributed by atoms with E-state index in [1.165, 1.54) is 24.3 Å². The molecule has 9 aromatic rings. The second-order valence-corrected chi connectivity index (χ2v) is 9.90. The Labute approximate surface area is 274 Å². The molecule has 0 aliphatic carbocycles. The van der Waals surface area contributed by atoms with Gasteiger partial charge in [0.15, 0.2) is 0 Å². The summed E-state index contributed by atoms with van der Waals surface area (Å²) in [6.07, 6.45) is 0. The minimum Gasteiger partial charge on any atom is -0.456 e. The topological polar surface area (TPSA) is 13.1 Å². The molecular formula is C42H26O. The van der Waals surface area contributed by atoms with Crippen molar-refractivity contribution in [3.63, 3.8) is 0 Å². The van der Waals surface area contributed by atoms with Gasteiger partial charge in [0.25, 0.3) is 0 Å². The van der Waals surface area contributed by atoms with Crippen LogP contribution in [-0.4, -0.2) is 0 Å². The molecule has 1 nitrogen and oxygen atoms in total. The summed E-state index contributed by atoms with van der Waals surface area (Å²) in [5.41, 5.74) is 0.255. The van der Waals surface area contributed by atoms with E-state index in [-0.39, 0.29) is 107 Å². The minimum atomic E-state index is -0.651. The molecule has 0 spiro atoms. The summed E-state index contributed by atoms with van der Waals surface area (Å²) in [5, 5.41) is 0.140. The lowest BCUT2D eigenvalue weighted by atomic mass is 9.84. The Morgan fingerprint density at radius 3 is 1.84 bits per heavy atom. The lowest BCUT2D eigenvalue weighted by Gasteiger charge is -2.19. The molecule has 0 unspecified atom stereocenters. The molecule has 43 heavy (non-hydrogen) atoms. The fourth-order valence-electron chi connectivity index (χ4n) is 5.74. The molecule has 1 heterocycles. The molecule has 0 saturated carbocycles. The Morgan fingerprint density at radius 2 is 1.05 bits per heavy atom. The van der Waals surface area contributed by atoms with Crippen LogP contribution in [0.1, 0.15) is 24.7 Å². The first-order valence-corrected chi connectivity index (χ1v) is 13.3. The van der Waals surface area contributed by atoms with E-state index >= 15 is 0 Å². The molecule has 0 atom stereocenters. The number of benzene rings is 8. The second kappa shape index (κ2) is 9.44. The average Bonchev–Trinajstić information content (AvgIpc) is 3.64. The van der Waals surface area contributed by atoms with Crippen LogP contribution in [0, 0.1) is 0 Å². The van der Waals surface area contributed by atoms with Crippen LogP contribution in [0.3, 0.4) is 0 Å². The van der Waals surface area contributed by atoms with Gasteiger partial charge in [-0.15, -0.1) is 0 Å². The van der Waals surface area contributed by atoms with Gasteiger partial charge < -0.3 is 4.42 Å². The lowest BCUT2D eigenvalue weighted by Crippen LogP contribution is -1.92. The smallest absolute Gasteiger partial charge is 0.135 e. The molecule has 9 rings (SSSR count). The second-order valence-electron chi connectivity index (χ2n) is 9.90. The average molecular weight is 565 g/mol. The zero-order valence-electron chi connectivity index (χ0n) is 40.0. The summed E-state index contributed by atoms with van der Waals surface area (Å²) >= 11 is 0. The van der Waals surface area contributed by atoms with Gasteiger partial charge >= 0.3 is 0 Å². The summed E-state index contributed by atoms with van der Waals surface area (Å²) in [6, 6.07) is 3.26. The fraction of sp³-hybridized carbons (Fsp3) is 0. The van der Waals surface area contributed by atoms with Gasteiger partial charge in [0, 0.05) is 10.8 Å². The van der Waals surface area contributed by atoms with Crippen LogP contribution in [0.4, 0.5) is 0 Å². The molecule has 8 aromatic carbocycles. The third-order valence-corrected chi connectivity index (χ3v) is 7.58. The van der Waals surface area contributed by atoms with Crippen molar-refractivity contribution in [2.45, 2.75) is 0 Å². The minimum absolute atomic E-state index is 0.0677. The molecule has 200 valence electrons. The van der Waals surface area contributed by atoms with E-state index in [1.807, 2.05) is 0 Å². The zero-order chi connectivity index (χ0) is 44.0. The Bertz CT molecular complexity index is 3440. The van der Waals surface area contributed by atoms with Gasteiger partial charge in [0.2, 0.25) is 0 Å². The highest BCUT2D eigenvalue weighted by atomic mass is 16.3. The number of fused-ring (bicyclic) bond motifs is 6. The van der Waals surface area contributed by atoms with Gasteiger partial charge in [-0.3, -0.25) is 0 Å². The monoisotopic (exact) mass is 564 g/mol. The van der Waals surface area contributed by atoms with E-state index in [9.17, 15) is 2.74 Å². The summed E-state index contributed by atoms with van der Waals surface area (Å²) in [4.78, 5) is 0. The third kappa shape index (κ3) is 3.72. The van der Waals surface area contributed by atoms with E-state index in [0.717, 1.165) is 0 Å². The van der Waals surface area contributed by atoms with Gasteiger partial charge in [-0.05, 0) is 89.9 Å². The predicted molar refractivity (Wildman–Crippen MR) is 183 cm³/mol. The number of para-hydroxylation sites is 1. The third-order valence-electron chi connectivity index (χ3n) is 7.58. The standard InChI is InChI=1S/C42H26O/c1-2-15-31-27(11-1)12-10-21-33(31)42-36-19-5-3-17-34(36)41(35-18-4-6-20-37(35)42)30-14-9-13-28(25-30)29-23-24-40-38(26-29)32-16-7-8-22-39(32)43-40/h1-26H/i1D,2D,3D,4D,5D,6D,7D,8D,10D,11D,12D,15D,16D,21D,22D,23D,24D,26D. The van der Waals surface area contributed by atoms with Crippen molar-refractivity contribution in [3.8, 4) is 33.4 Å². The number of rotatable bonds is 3. The summed E-state index contributed by atoms with van der Waals surface area (Å²) in [6.45, 7) is 0. The van der Waals surface area contributed by atoms with Gasteiger partial charge in [-0.2, -0.15) is 0 Å². The van der Waals surface area contributed by atoms with Crippen molar-refractivity contribution >= 4 is 54.3 Å². The van der Waals surface area contributed by atoms with Crippen LogP contribution in [-0.2, 0) is 0 Å². The van der Waals surface area contributed by atoms with Crippen LogP contribution in [0.25, 0.3) is 87.6 Å². The molecule has 1 heteroatoms. The largest absolute Gasteiger partial charge is 0.456 e. The number of furan rings is 1. The van der Waals surface area contributed by atoms with E-state index in [4.69, 9.17) is 26.3 Å². The van der Waals surface area contributed by atoms with Gasteiger partial charge in [0.1, 0.15) is 11.2 Å². The zero-order valence-corrected chi connectivity index (χ0v) is 22.0. The first-order chi connectivity index (χ1) is 28.8. The van der Waals surface area contributed by atoms with Gasteiger partial charge in [-0.25, -0.2) is 0 Å². The normalized spacial score (nSPS) is 17.6. The Morgan fingerprint density at radius 1 is 0.419 bits per heavy atom. The number of hydrogen-bond acceptors (Lipinski definition) is 1. The van der Waals surface area contributed by atoms with Crippen LogP contribution in [0.2, 0.25) is 0 Å². The molecule has 1 aromatic heterocycles. The maximum absolute atomic E-state index is 9.34. The van der Waals surface area contributed by atoms with Crippen molar-refractivity contribution < 1.29 is 29.1 Å². The Hall–Kier alpha value is -5.66. The van der Waals surface area contributed by atoms with Gasteiger partial charge in [-0.1, -0.05) is 133 Å². The SMILES string of the molecule is [2H]c1cc2c(-c3cccc(-c4c([2H])c([2H])c5oc6c([2H])c([2H])c([2H])c([2H])c6c5c4[2H])c3)c3cc([2H])c([2H])cc3c(-c3c([2H])c([2H])c([2H])c4c([2H])c([2H])c([2H])c([2H])c34)c2cc1[2H].